The number of nitrogens with one attached hydrogen (secondary N) is 1. The molecule has 0 radical (unpaired) electrons. The molecule has 38 heavy (non-hydrogen) atoms. The number of hydrogen-bond acceptors (Lipinski definition) is 4. The monoisotopic (exact) mass is 570 g/mol. The number of benzene rings is 4. The molecule has 0 saturated heterocycles. The summed E-state index contributed by atoms with van der Waals surface area (Å²) in [5.74, 6) is -0.596. The summed E-state index contributed by atoms with van der Waals surface area (Å²) in [6, 6.07) is 35.8. The molecule has 5 aromatic rings. The molecule has 1 heterocycles. The average molecular weight is 571 g/mol. The van der Waals surface area contributed by atoms with Crippen LogP contribution in [0.4, 0.5) is 4.39 Å². The minimum absolute atomic E-state index is 0.106. The van der Waals surface area contributed by atoms with Gasteiger partial charge in [0.15, 0.2) is 0 Å². The summed E-state index contributed by atoms with van der Waals surface area (Å²) >= 11 is 3.37. The molecule has 0 unspecified atom stereocenters. The number of methoxy groups -OCH3 is 1. The van der Waals surface area contributed by atoms with Gasteiger partial charge in [-0.05, 0) is 57.2 Å². The van der Waals surface area contributed by atoms with Gasteiger partial charge in [0.05, 0.1) is 30.9 Å². The third-order valence-corrected chi connectivity index (χ3v) is 6.97. The minimum Gasteiger partial charge on any atom is -0.468 e. The number of aryl methyl sites for hydroxylation is 1. The molecule has 0 amide bonds. The Morgan fingerprint density at radius 2 is 1.37 bits per heavy atom. The maximum Gasteiger partial charge on any atom is 0.319 e. The maximum atomic E-state index is 12.9. The summed E-state index contributed by atoms with van der Waals surface area (Å²) in [6.07, 6.45) is 1.23. The van der Waals surface area contributed by atoms with Crippen LogP contribution < -0.4 is 5.32 Å². The van der Waals surface area contributed by atoms with E-state index in [2.05, 4.69) is 62.6 Å². The number of carbonyl (C=O) groups is 1. The number of nitrogens with zero attached hydrogens (tertiary/aromatic N) is 1. The molecule has 0 fully saturated rings. The topological polar surface area (TPSA) is 51.2 Å². The van der Waals surface area contributed by atoms with Crippen LogP contribution >= 0.6 is 15.9 Å². The van der Waals surface area contributed by atoms with Crippen LogP contribution in [0.2, 0.25) is 0 Å². The number of esters is 1. The van der Waals surface area contributed by atoms with Crippen LogP contribution in [-0.2, 0) is 15.1 Å². The van der Waals surface area contributed by atoms with Gasteiger partial charge >= 0.3 is 5.97 Å². The first kappa shape index (κ1) is 27.2. The van der Waals surface area contributed by atoms with Crippen LogP contribution in [0.5, 0.6) is 0 Å². The summed E-state index contributed by atoms with van der Waals surface area (Å²) in [5, 5.41) is 4.31. The lowest BCUT2D eigenvalue weighted by Crippen LogP contribution is -2.47. The number of pyridine rings is 1. The van der Waals surface area contributed by atoms with Gasteiger partial charge < -0.3 is 4.74 Å². The zero-order chi connectivity index (χ0) is 27.0. The smallest absolute Gasteiger partial charge is 0.319 e. The Morgan fingerprint density at radius 3 is 1.84 bits per heavy atom. The second-order valence-electron chi connectivity index (χ2n) is 8.69. The van der Waals surface area contributed by atoms with Gasteiger partial charge in [-0.15, -0.1) is 0 Å². The quantitative estimate of drug-likeness (QED) is 0.173. The number of halogens is 2. The first-order valence-electron chi connectivity index (χ1n) is 12.1. The number of aromatic nitrogens is 1. The van der Waals surface area contributed by atoms with Crippen molar-refractivity contribution in [3.8, 4) is 0 Å². The molecule has 1 N–H and O–H groups in total. The normalized spacial score (nSPS) is 10.9. The van der Waals surface area contributed by atoms with E-state index in [1.165, 1.54) is 19.4 Å². The highest BCUT2D eigenvalue weighted by Gasteiger charge is 2.36. The molecule has 0 saturated carbocycles. The van der Waals surface area contributed by atoms with Crippen molar-refractivity contribution in [1.82, 2.24) is 10.3 Å². The SMILES string of the molecule is COC(=O)CNC(c1ccccc1)(c1ccccc1)c1ccccc1.Cc1ccc(Br)c2ncc(F)cc12. The van der Waals surface area contributed by atoms with Crippen molar-refractivity contribution in [1.29, 1.82) is 0 Å². The molecule has 6 heteroatoms. The van der Waals surface area contributed by atoms with E-state index in [1.54, 1.807) is 0 Å². The minimum atomic E-state index is -0.641. The third-order valence-electron chi connectivity index (χ3n) is 6.33. The second kappa shape index (κ2) is 12.6. The van der Waals surface area contributed by atoms with E-state index in [4.69, 9.17) is 4.74 Å². The highest BCUT2D eigenvalue weighted by molar-refractivity contribution is 9.10. The van der Waals surface area contributed by atoms with Gasteiger partial charge in [0.2, 0.25) is 0 Å². The number of carbonyl (C=O) groups excluding carboxylic acids is 1. The van der Waals surface area contributed by atoms with Gasteiger partial charge in [-0.2, -0.15) is 0 Å². The van der Waals surface area contributed by atoms with Crippen LogP contribution in [0.25, 0.3) is 10.9 Å². The van der Waals surface area contributed by atoms with Gasteiger partial charge in [-0.25, -0.2) is 4.39 Å². The van der Waals surface area contributed by atoms with E-state index in [1.807, 2.05) is 73.7 Å². The van der Waals surface area contributed by atoms with E-state index < -0.39 is 5.54 Å². The Kier molecular flexibility index (Phi) is 9.00. The molecule has 4 nitrogen and oxygen atoms in total. The Morgan fingerprint density at radius 1 is 0.868 bits per heavy atom. The third kappa shape index (κ3) is 5.98. The van der Waals surface area contributed by atoms with Crippen molar-refractivity contribution in [3.63, 3.8) is 0 Å². The number of rotatable bonds is 6. The first-order valence-corrected chi connectivity index (χ1v) is 12.9. The molecule has 0 atom stereocenters. The highest BCUT2D eigenvalue weighted by Crippen LogP contribution is 2.36. The predicted octanol–water partition coefficient (Wildman–Crippen LogP) is 7.19. The molecular formula is C32H28BrFN2O2. The zero-order valence-electron chi connectivity index (χ0n) is 21.2. The van der Waals surface area contributed by atoms with E-state index >= 15 is 0 Å². The lowest BCUT2D eigenvalue weighted by molar-refractivity contribution is -0.139. The van der Waals surface area contributed by atoms with Gasteiger partial charge in [0.25, 0.3) is 0 Å². The van der Waals surface area contributed by atoms with Crippen molar-refractivity contribution >= 4 is 32.8 Å². The summed E-state index contributed by atoms with van der Waals surface area (Å²) in [4.78, 5) is 15.9. The lowest BCUT2D eigenvalue weighted by atomic mass is 9.77. The zero-order valence-corrected chi connectivity index (χ0v) is 22.8. The van der Waals surface area contributed by atoms with Crippen molar-refractivity contribution in [3.05, 3.63) is 148 Å². The van der Waals surface area contributed by atoms with Gasteiger partial charge in [-0.3, -0.25) is 15.1 Å². The van der Waals surface area contributed by atoms with Crippen LogP contribution in [0, 0.1) is 12.7 Å². The molecule has 5 rings (SSSR count). The maximum absolute atomic E-state index is 12.9. The molecule has 0 aliphatic heterocycles. The molecule has 4 aromatic carbocycles. The Hall–Kier alpha value is -3.87. The van der Waals surface area contributed by atoms with Crippen molar-refractivity contribution < 1.29 is 13.9 Å². The molecule has 0 bridgehead atoms. The Labute approximate surface area is 230 Å². The van der Waals surface area contributed by atoms with Crippen molar-refractivity contribution in [2.75, 3.05) is 13.7 Å². The van der Waals surface area contributed by atoms with Gasteiger partial charge in [-0.1, -0.05) is 97.1 Å². The van der Waals surface area contributed by atoms with Crippen LogP contribution in [0.1, 0.15) is 22.3 Å². The number of fused-ring (bicyclic) bond motifs is 1. The molecule has 192 valence electrons. The molecule has 1 aromatic heterocycles. The number of ether oxygens (including phenoxy) is 1. The molecule has 0 spiro atoms. The number of hydrogen-bond donors (Lipinski definition) is 1. The largest absolute Gasteiger partial charge is 0.468 e. The highest BCUT2D eigenvalue weighted by atomic mass is 79.9. The fourth-order valence-electron chi connectivity index (χ4n) is 4.44. The summed E-state index contributed by atoms with van der Waals surface area (Å²) in [5.41, 5.74) is 4.40. The van der Waals surface area contributed by atoms with E-state index in [9.17, 15) is 9.18 Å². The standard InChI is InChI=1S/C22H21NO2.C10H7BrFN/c1-25-21(24)17-23-22(18-11-5-2-6-12-18,19-13-7-3-8-14-19)20-15-9-4-10-16-20;1-6-2-3-9(11)10-8(6)4-7(12)5-13-10/h2-16,23H,17H2,1H3;2-5H,1H3. The first-order chi connectivity index (χ1) is 18.5. The van der Waals surface area contributed by atoms with E-state index in [0.29, 0.717) is 0 Å². The summed E-state index contributed by atoms with van der Waals surface area (Å²) < 4.78 is 18.6. The fourth-order valence-corrected chi connectivity index (χ4v) is 4.89. The predicted molar refractivity (Wildman–Crippen MR) is 153 cm³/mol. The van der Waals surface area contributed by atoms with Crippen LogP contribution in [0.15, 0.2) is 120 Å². The van der Waals surface area contributed by atoms with Gasteiger partial charge in [0.1, 0.15) is 5.82 Å². The molecular weight excluding hydrogens is 543 g/mol. The van der Waals surface area contributed by atoms with E-state index in [-0.39, 0.29) is 18.3 Å². The Bertz CT molecular complexity index is 1400. The average Bonchev–Trinajstić information content (AvgIpc) is 2.97. The Balaban J connectivity index is 0.000000216. The van der Waals surface area contributed by atoms with Crippen LogP contribution in [0.3, 0.4) is 0 Å². The lowest BCUT2D eigenvalue weighted by Gasteiger charge is -2.36. The second-order valence-corrected chi connectivity index (χ2v) is 9.55. The fraction of sp³-hybridized carbons (Fsp3) is 0.125. The van der Waals surface area contributed by atoms with E-state index in [0.717, 1.165) is 37.6 Å². The van der Waals surface area contributed by atoms with Crippen molar-refractivity contribution in [2.24, 2.45) is 0 Å². The summed E-state index contributed by atoms with van der Waals surface area (Å²) in [6.45, 7) is 2.05. The van der Waals surface area contributed by atoms with Crippen molar-refractivity contribution in [2.45, 2.75) is 12.5 Å². The van der Waals surface area contributed by atoms with Gasteiger partial charge in [0, 0.05) is 9.86 Å². The molecule has 0 aliphatic carbocycles. The summed E-state index contributed by atoms with van der Waals surface area (Å²) in [7, 11) is 1.40. The van der Waals surface area contributed by atoms with Crippen LogP contribution in [-0.4, -0.2) is 24.6 Å². The molecule has 0 aliphatic rings.